The maximum atomic E-state index is 11.6. The van der Waals surface area contributed by atoms with Crippen molar-refractivity contribution in [2.75, 3.05) is 6.54 Å². The van der Waals surface area contributed by atoms with Crippen molar-refractivity contribution in [1.82, 2.24) is 20.5 Å². The van der Waals surface area contributed by atoms with Gasteiger partial charge in [-0.05, 0) is 30.2 Å². The highest BCUT2D eigenvalue weighted by atomic mass is 32.1. The van der Waals surface area contributed by atoms with E-state index < -0.39 is 0 Å². The predicted molar refractivity (Wildman–Crippen MR) is 109 cm³/mol. The average molecular weight is 403 g/mol. The highest BCUT2D eigenvalue weighted by Gasteiger charge is 2.13. The summed E-state index contributed by atoms with van der Waals surface area (Å²) in [5, 5.41) is 19.7. The number of nitriles is 1. The minimum Gasteiger partial charge on any atom is -0.424 e. The molecule has 0 aliphatic heterocycles. The SMILES string of the molecule is Cc1cccc(-c2ccc3nc(Cc4nnc(CC(=O)NCC#N)o4)sc3c2)c1. The number of nitrogens with one attached hydrogen (secondary N) is 1. The Morgan fingerprint density at radius 2 is 2.00 bits per heavy atom. The first-order valence-corrected chi connectivity index (χ1v) is 9.84. The molecule has 2 aromatic heterocycles. The van der Waals surface area contributed by atoms with Crippen molar-refractivity contribution in [2.24, 2.45) is 0 Å². The van der Waals surface area contributed by atoms with Gasteiger partial charge in [-0.1, -0.05) is 35.9 Å². The van der Waals surface area contributed by atoms with Crippen LogP contribution in [0.2, 0.25) is 0 Å². The molecule has 0 aliphatic carbocycles. The smallest absolute Gasteiger partial charge is 0.230 e. The van der Waals surface area contributed by atoms with E-state index in [1.54, 1.807) is 11.3 Å². The second-order valence-corrected chi connectivity index (χ2v) is 7.65. The number of amides is 1. The number of carbonyl (C=O) groups excluding carboxylic acids is 1. The number of rotatable bonds is 6. The maximum absolute atomic E-state index is 11.6. The molecule has 1 N–H and O–H groups in total. The van der Waals surface area contributed by atoms with Crippen LogP contribution in [0.1, 0.15) is 22.4 Å². The highest BCUT2D eigenvalue weighted by Crippen LogP contribution is 2.29. The molecule has 0 unspecified atom stereocenters. The summed E-state index contributed by atoms with van der Waals surface area (Å²) < 4.78 is 6.63. The van der Waals surface area contributed by atoms with Crippen LogP contribution in [-0.4, -0.2) is 27.6 Å². The van der Waals surface area contributed by atoms with Gasteiger partial charge in [-0.2, -0.15) is 5.26 Å². The molecule has 0 fully saturated rings. The first kappa shape index (κ1) is 18.8. The topological polar surface area (TPSA) is 105 Å². The predicted octanol–water partition coefficient (Wildman–Crippen LogP) is 3.43. The lowest BCUT2D eigenvalue weighted by molar-refractivity contribution is -0.120. The van der Waals surface area contributed by atoms with E-state index in [1.165, 1.54) is 11.1 Å². The van der Waals surface area contributed by atoms with Crippen LogP contribution in [0.25, 0.3) is 21.3 Å². The molecule has 0 atom stereocenters. The van der Waals surface area contributed by atoms with Crippen LogP contribution in [0.5, 0.6) is 0 Å². The molecule has 0 saturated heterocycles. The highest BCUT2D eigenvalue weighted by molar-refractivity contribution is 7.18. The van der Waals surface area contributed by atoms with E-state index in [-0.39, 0.29) is 24.8 Å². The number of hydrogen-bond acceptors (Lipinski definition) is 7. The number of benzene rings is 2. The maximum Gasteiger partial charge on any atom is 0.230 e. The number of aryl methyl sites for hydroxylation is 1. The van der Waals surface area contributed by atoms with Gasteiger partial charge in [0.05, 0.1) is 22.7 Å². The van der Waals surface area contributed by atoms with E-state index in [0.717, 1.165) is 20.8 Å². The first-order chi connectivity index (χ1) is 14.1. The molecule has 2 heterocycles. The molecule has 4 aromatic rings. The fraction of sp³-hybridized carbons (Fsp3) is 0.190. The van der Waals surface area contributed by atoms with Crippen LogP contribution in [0, 0.1) is 18.3 Å². The van der Waals surface area contributed by atoms with Gasteiger partial charge in [0.1, 0.15) is 18.0 Å². The zero-order valence-electron chi connectivity index (χ0n) is 15.7. The zero-order valence-corrected chi connectivity index (χ0v) is 16.5. The van der Waals surface area contributed by atoms with Crippen LogP contribution >= 0.6 is 11.3 Å². The van der Waals surface area contributed by atoms with E-state index in [1.807, 2.05) is 12.1 Å². The van der Waals surface area contributed by atoms with E-state index in [0.29, 0.717) is 12.3 Å². The lowest BCUT2D eigenvalue weighted by Crippen LogP contribution is -2.25. The third-order valence-electron chi connectivity index (χ3n) is 4.27. The van der Waals surface area contributed by atoms with Crippen LogP contribution < -0.4 is 5.32 Å². The molecule has 0 radical (unpaired) electrons. The van der Waals surface area contributed by atoms with Gasteiger partial charge < -0.3 is 9.73 Å². The lowest BCUT2D eigenvalue weighted by Gasteiger charge is -2.02. The van der Waals surface area contributed by atoms with Gasteiger partial charge in [-0.25, -0.2) is 4.98 Å². The van der Waals surface area contributed by atoms with Crippen molar-refractivity contribution in [3.05, 3.63) is 64.8 Å². The Morgan fingerprint density at radius 3 is 2.83 bits per heavy atom. The number of carbonyl (C=O) groups is 1. The summed E-state index contributed by atoms with van der Waals surface area (Å²) in [6.45, 7) is 2.04. The summed E-state index contributed by atoms with van der Waals surface area (Å²) in [5.41, 5.74) is 4.48. The third kappa shape index (κ3) is 4.47. The molecular formula is C21H17N5O2S. The van der Waals surface area contributed by atoms with E-state index in [2.05, 4.69) is 63.8 Å². The van der Waals surface area contributed by atoms with Crippen LogP contribution in [-0.2, 0) is 17.6 Å². The van der Waals surface area contributed by atoms with Gasteiger partial charge in [0.2, 0.25) is 17.7 Å². The van der Waals surface area contributed by atoms with E-state index in [9.17, 15) is 4.79 Å². The van der Waals surface area contributed by atoms with Gasteiger partial charge in [0.15, 0.2) is 0 Å². The number of fused-ring (bicyclic) bond motifs is 1. The summed E-state index contributed by atoms with van der Waals surface area (Å²) in [7, 11) is 0. The molecule has 144 valence electrons. The normalized spacial score (nSPS) is 10.8. The largest absolute Gasteiger partial charge is 0.424 e. The van der Waals surface area contributed by atoms with Gasteiger partial charge in [0, 0.05) is 0 Å². The molecule has 0 bridgehead atoms. The van der Waals surface area contributed by atoms with E-state index >= 15 is 0 Å². The second-order valence-electron chi connectivity index (χ2n) is 6.54. The quantitative estimate of drug-likeness (QED) is 0.495. The Morgan fingerprint density at radius 1 is 1.17 bits per heavy atom. The Hall–Kier alpha value is -3.57. The molecule has 8 heteroatoms. The number of nitrogens with zero attached hydrogens (tertiary/aromatic N) is 4. The number of thiazole rings is 1. The number of aromatic nitrogens is 3. The Labute approximate surface area is 171 Å². The van der Waals surface area contributed by atoms with Gasteiger partial charge in [-0.3, -0.25) is 4.79 Å². The van der Waals surface area contributed by atoms with Crippen LogP contribution in [0.4, 0.5) is 0 Å². The van der Waals surface area contributed by atoms with Gasteiger partial charge >= 0.3 is 0 Å². The van der Waals surface area contributed by atoms with Crippen molar-refractivity contribution < 1.29 is 9.21 Å². The van der Waals surface area contributed by atoms with Crippen molar-refractivity contribution in [2.45, 2.75) is 19.8 Å². The fourth-order valence-electron chi connectivity index (χ4n) is 2.95. The monoisotopic (exact) mass is 403 g/mol. The molecule has 7 nitrogen and oxygen atoms in total. The summed E-state index contributed by atoms with van der Waals surface area (Å²) in [6, 6.07) is 16.5. The van der Waals surface area contributed by atoms with Crippen molar-refractivity contribution in [3.63, 3.8) is 0 Å². The van der Waals surface area contributed by atoms with Gasteiger partial charge in [0.25, 0.3) is 0 Å². The molecule has 2 aromatic carbocycles. The molecule has 29 heavy (non-hydrogen) atoms. The standard InChI is InChI=1S/C21H17N5O2S/c1-13-3-2-4-14(9-13)15-5-6-16-17(10-15)29-21(24-16)12-20-26-25-19(28-20)11-18(27)23-8-7-22/h2-6,9-10H,8,11-12H2,1H3,(H,23,27). The summed E-state index contributed by atoms with van der Waals surface area (Å²) >= 11 is 1.59. The molecule has 0 spiro atoms. The van der Waals surface area contributed by atoms with Crippen molar-refractivity contribution in [1.29, 1.82) is 5.26 Å². The number of hydrogen-bond donors (Lipinski definition) is 1. The van der Waals surface area contributed by atoms with Gasteiger partial charge in [-0.15, -0.1) is 21.5 Å². The third-order valence-corrected chi connectivity index (χ3v) is 5.29. The minimum absolute atomic E-state index is 0.0456. The zero-order chi connectivity index (χ0) is 20.2. The van der Waals surface area contributed by atoms with Crippen molar-refractivity contribution in [3.8, 4) is 17.2 Å². The fourth-order valence-corrected chi connectivity index (χ4v) is 3.95. The van der Waals surface area contributed by atoms with Crippen LogP contribution in [0.3, 0.4) is 0 Å². The summed E-state index contributed by atoms with van der Waals surface area (Å²) in [5.74, 6) is 0.301. The molecular weight excluding hydrogens is 386 g/mol. The summed E-state index contributed by atoms with van der Waals surface area (Å²) in [4.78, 5) is 16.3. The molecule has 4 rings (SSSR count). The first-order valence-electron chi connectivity index (χ1n) is 9.02. The van der Waals surface area contributed by atoms with Crippen molar-refractivity contribution >= 4 is 27.5 Å². The Kier molecular flexibility index (Phi) is 5.31. The summed E-state index contributed by atoms with van der Waals surface area (Å²) in [6.07, 6.45) is 0.361. The second kappa shape index (κ2) is 8.20. The molecule has 1 amide bonds. The Bertz CT molecular complexity index is 1220. The Balaban J connectivity index is 1.49. The molecule has 0 saturated carbocycles. The minimum atomic E-state index is -0.328. The van der Waals surface area contributed by atoms with E-state index in [4.69, 9.17) is 9.68 Å². The average Bonchev–Trinajstić information content (AvgIpc) is 3.32. The molecule has 0 aliphatic rings. The van der Waals surface area contributed by atoms with Crippen LogP contribution in [0.15, 0.2) is 46.9 Å². The lowest BCUT2D eigenvalue weighted by atomic mass is 10.0.